The normalized spacial score (nSPS) is 10.6. The van der Waals surface area contributed by atoms with Gasteiger partial charge < -0.3 is 10.2 Å². The van der Waals surface area contributed by atoms with Crippen LogP contribution in [0.2, 0.25) is 0 Å². The Kier molecular flexibility index (Phi) is 3.14. The molecule has 0 amide bonds. The van der Waals surface area contributed by atoms with Crippen LogP contribution in [0.3, 0.4) is 0 Å². The Morgan fingerprint density at radius 3 is 2.62 bits per heavy atom. The summed E-state index contributed by atoms with van der Waals surface area (Å²) in [5.41, 5.74) is 6.53. The van der Waals surface area contributed by atoms with Crippen molar-refractivity contribution in [3.8, 4) is 0 Å². The molecule has 16 heavy (non-hydrogen) atoms. The van der Waals surface area contributed by atoms with Gasteiger partial charge in [-0.05, 0) is 34.1 Å². The van der Waals surface area contributed by atoms with Gasteiger partial charge in [-0.1, -0.05) is 28.1 Å². The van der Waals surface area contributed by atoms with Crippen molar-refractivity contribution in [3.05, 3.63) is 38.3 Å². The minimum atomic E-state index is -0.0250. The lowest BCUT2D eigenvalue weighted by Gasteiger charge is -2.04. The van der Waals surface area contributed by atoms with Gasteiger partial charge in [0.2, 0.25) is 5.55 Å². The highest BCUT2D eigenvalue weighted by molar-refractivity contribution is 9.11. The maximum absolute atomic E-state index is 7.67. The zero-order valence-corrected chi connectivity index (χ0v) is 11.9. The molecule has 0 saturated heterocycles. The number of nitrogens with one attached hydrogen (secondary N) is 1. The fourth-order valence-corrected chi connectivity index (χ4v) is 2.85. The molecule has 1 aromatic carbocycles. The van der Waals surface area contributed by atoms with Crippen LogP contribution in [0, 0.1) is 5.41 Å². The third-order valence-corrected chi connectivity index (χ3v) is 3.32. The summed E-state index contributed by atoms with van der Waals surface area (Å²) in [6.45, 7) is 0. The molecule has 82 valence electrons. The van der Waals surface area contributed by atoms with E-state index in [1.165, 1.54) is 0 Å². The van der Waals surface area contributed by atoms with Gasteiger partial charge in [-0.2, -0.15) is 0 Å². The third kappa shape index (κ3) is 2.05. The van der Waals surface area contributed by atoms with E-state index in [0.29, 0.717) is 11.1 Å². The SMILES string of the molecule is N=c1oc2c(Br)cc(Br)cc2cc1C(N)=S. The van der Waals surface area contributed by atoms with Crippen molar-refractivity contribution in [1.29, 1.82) is 5.41 Å². The van der Waals surface area contributed by atoms with Gasteiger partial charge in [0.05, 0.1) is 10.0 Å². The molecule has 0 atom stereocenters. The van der Waals surface area contributed by atoms with E-state index in [1.54, 1.807) is 6.07 Å². The summed E-state index contributed by atoms with van der Waals surface area (Å²) >= 11 is 11.6. The number of rotatable bonds is 1. The smallest absolute Gasteiger partial charge is 0.222 e. The largest absolute Gasteiger partial charge is 0.437 e. The Hall–Kier alpha value is -0.720. The molecule has 3 nitrogen and oxygen atoms in total. The summed E-state index contributed by atoms with van der Waals surface area (Å²) in [6.07, 6.45) is 0. The van der Waals surface area contributed by atoms with E-state index in [9.17, 15) is 0 Å². The van der Waals surface area contributed by atoms with Crippen LogP contribution in [-0.4, -0.2) is 4.99 Å². The first-order valence-electron chi connectivity index (χ1n) is 4.26. The summed E-state index contributed by atoms with van der Waals surface area (Å²) in [7, 11) is 0. The first-order chi connectivity index (χ1) is 7.49. The lowest BCUT2D eigenvalue weighted by molar-refractivity contribution is 0.530. The number of fused-ring (bicyclic) bond motifs is 1. The molecule has 3 N–H and O–H groups in total. The van der Waals surface area contributed by atoms with Gasteiger partial charge in [-0.25, -0.2) is 0 Å². The number of hydrogen-bond acceptors (Lipinski definition) is 3. The maximum atomic E-state index is 7.67. The summed E-state index contributed by atoms with van der Waals surface area (Å²) < 4.78 is 7.06. The predicted molar refractivity (Wildman–Crippen MR) is 73.4 cm³/mol. The second-order valence-corrected chi connectivity index (χ2v) is 5.37. The second-order valence-electron chi connectivity index (χ2n) is 3.16. The summed E-state index contributed by atoms with van der Waals surface area (Å²) in [5, 5.41) is 8.50. The average molecular weight is 362 g/mol. The van der Waals surface area contributed by atoms with Gasteiger partial charge >= 0.3 is 0 Å². The lowest BCUT2D eigenvalue weighted by atomic mass is 10.2. The Labute approximate surface area is 113 Å². The molecule has 0 fully saturated rings. The molecule has 1 heterocycles. The molecule has 0 aliphatic rings. The minimum Gasteiger partial charge on any atom is -0.437 e. The van der Waals surface area contributed by atoms with E-state index < -0.39 is 0 Å². The average Bonchev–Trinajstić information content (AvgIpc) is 2.18. The van der Waals surface area contributed by atoms with Crippen LogP contribution in [-0.2, 0) is 0 Å². The van der Waals surface area contributed by atoms with Gasteiger partial charge in [0.25, 0.3) is 0 Å². The van der Waals surface area contributed by atoms with Crippen molar-refractivity contribution >= 4 is 60.0 Å². The molecule has 0 aliphatic heterocycles. The van der Waals surface area contributed by atoms with Crippen molar-refractivity contribution in [1.82, 2.24) is 0 Å². The number of thiocarbonyl (C=S) groups is 1. The molecule has 0 radical (unpaired) electrons. The topological polar surface area (TPSA) is 63.0 Å². The summed E-state index contributed by atoms with van der Waals surface area (Å²) in [6, 6.07) is 5.48. The highest BCUT2D eigenvalue weighted by atomic mass is 79.9. The van der Waals surface area contributed by atoms with Crippen LogP contribution in [0.25, 0.3) is 11.0 Å². The first-order valence-corrected chi connectivity index (χ1v) is 6.26. The summed E-state index contributed by atoms with van der Waals surface area (Å²) in [4.78, 5) is 0.159. The molecule has 1 aromatic heterocycles. The Balaban J connectivity index is 2.90. The molecular formula is C10H6Br2N2OS. The van der Waals surface area contributed by atoms with Crippen molar-refractivity contribution in [2.24, 2.45) is 5.73 Å². The zero-order chi connectivity index (χ0) is 11.9. The predicted octanol–water partition coefficient (Wildman–Crippen LogP) is 3.07. The number of hydrogen-bond donors (Lipinski definition) is 2. The van der Waals surface area contributed by atoms with Crippen molar-refractivity contribution in [2.75, 3.05) is 0 Å². The minimum absolute atomic E-state index is 0.0250. The van der Waals surface area contributed by atoms with Gasteiger partial charge in [0.1, 0.15) is 4.99 Å². The van der Waals surface area contributed by atoms with Crippen molar-refractivity contribution < 1.29 is 4.42 Å². The fraction of sp³-hybridized carbons (Fsp3) is 0. The molecule has 0 saturated carbocycles. The van der Waals surface area contributed by atoms with Gasteiger partial charge in [0, 0.05) is 9.86 Å². The lowest BCUT2D eigenvalue weighted by Crippen LogP contribution is -2.19. The van der Waals surface area contributed by atoms with E-state index >= 15 is 0 Å². The third-order valence-electron chi connectivity index (χ3n) is 2.05. The van der Waals surface area contributed by atoms with E-state index in [4.69, 9.17) is 27.8 Å². The maximum Gasteiger partial charge on any atom is 0.222 e. The molecule has 0 aliphatic carbocycles. The Morgan fingerprint density at radius 1 is 1.31 bits per heavy atom. The zero-order valence-electron chi connectivity index (χ0n) is 7.88. The molecule has 6 heteroatoms. The van der Waals surface area contributed by atoms with Crippen molar-refractivity contribution in [3.63, 3.8) is 0 Å². The summed E-state index contributed by atoms with van der Waals surface area (Å²) in [5.74, 6) is 0. The van der Waals surface area contributed by atoms with Crippen LogP contribution in [0.1, 0.15) is 5.56 Å². The number of halogens is 2. The first kappa shape index (κ1) is 11.8. The second kappa shape index (κ2) is 4.27. The van der Waals surface area contributed by atoms with E-state index in [0.717, 1.165) is 14.3 Å². The Bertz CT molecular complexity index is 651. The monoisotopic (exact) mass is 360 g/mol. The van der Waals surface area contributed by atoms with E-state index in [-0.39, 0.29) is 10.5 Å². The van der Waals surface area contributed by atoms with Gasteiger partial charge in [0.15, 0.2) is 5.58 Å². The van der Waals surface area contributed by atoms with E-state index in [1.807, 2.05) is 12.1 Å². The Morgan fingerprint density at radius 2 is 2.00 bits per heavy atom. The van der Waals surface area contributed by atoms with Gasteiger partial charge in [-0.15, -0.1) is 0 Å². The van der Waals surface area contributed by atoms with Crippen LogP contribution in [0.5, 0.6) is 0 Å². The van der Waals surface area contributed by atoms with Crippen LogP contribution in [0.15, 0.2) is 31.6 Å². The number of benzene rings is 1. The highest BCUT2D eigenvalue weighted by Crippen LogP contribution is 2.27. The molecule has 0 bridgehead atoms. The molecule has 2 aromatic rings. The molecule has 2 rings (SSSR count). The van der Waals surface area contributed by atoms with Crippen LogP contribution in [0.4, 0.5) is 0 Å². The number of nitrogens with two attached hydrogens (primary N) is 1. The van der Waals surface area contributed by atoms with Gasteiger partial charge in [-0.3, -0.25) is 5.41 Å². The standard InChI is InChI=1S/C10H6Br2N2OS/c11-5-1-4-2-6(10(14)16)9(13)15-8(4)7(12)3-5/h1-3,13H,(H2,14,16). The van der Waals surface area contributed by atoms with Crippen LogP contribution >= 0.6 is 44.1 Å². The quantitative estimate of drug-likeness (QED) is 0.767. The van der Waals surface area contributed by atoms with E-state index in [2.05, 4.69) is 31.9 Å². The highest BCUT2D eigenvalue weighted by Gasteiger charge is 2.08. The fourth-order valence-electron chi connectivity index (χ4n) is 1.36. The van der Waals surface area contributed by atoms with Crippen LogP contribution < -0.4 is 11.3 Å². The molecule has 0 unspecified atom stereocenters. The molecule has 0 spiro atoms. The van der Waals surface area contributed by atoms with Crippen molar-refractivity contribution in [2.45, 2.75) is 0 Å². The molecular weight excluding hydrogens is 356 g/mol.